The summed E-state index contributed by atoms with van der Waals surface area (Å²) in [6.45, 7) is 4.05. The minimum atomic E-state index is -1.14. The van der Waals surface area contributed by atoms with E-state index in [9.17, 15) is 9.00 Å². The second kappa shape index (κ2) is 7.74. The standard InChI is InChI=1S/C17H25NO2S/c1-13-8-9-14(2)15(10-13)11-21(20)12-17(19)18-16-6-4-3-5-7-16/h8-10,16H,3-7,11-12H2,1-2H3,(H,18,19)/t21-/m1/s1. The van der Waals surface area contributed by atoms with E-state index in [1.54, 1.807) is 0 Å². The van der Waals surface area contributed by atoms with E-state index in [1.165, 1.54) is 24.8 Å². The van der Waals surface area contributed by atoms with Crippen molar-refractivity contribution in [2.45, 2.75) is 57.7 Å². The molecule has 1 aromatic rings. The fraction of sp³-hybridized carbons (Fsp3) is 0.588. The zero-order chi connectivity index (χ0) is 15.2. The summed E-state index contributed by atoms with van der Waals surface area (Å²) in [5.74, 6) is 0.515. The molecule has 0 saturated heterocycles. The van der Waals surface area contributed by atoms with Gasteiger partial charge in [-0.25, -0.2) is 0 Å². The number of carbonyl (C=O) groups excluding carboxylic acids is 1. The molecule has 0 radical (unpaired) electrons. The third-order valence-corrected chi connectivity index (χ3v) is 5.30. The molecule has 4 heteroatoms. The number of benzene rings is 1. The highest BCUT2D eigenvalue weighted by atomic mass is 32.2. The smallest absolute Gasteiger partial charge is 0.232 e. The van der Waals surface area contributed by atoms with Crippen LogP contribution in [0.25, 0.3) is 0 Å². The van der Waals surface area contributed by atoms with E-state index >= 15 is 0 Å². The van der Waals surface area contributed by atoms with Crippen LogP contribution in [-0.2, 0) is 21.3 Å². The van der Waals surface area contributed by atoms with E-state index in [0.29, 0.717) is 11.8 Å². The molecule has 1 N–H and O–H groups in total. The van der Waals surface area contributed by atoms with Crippen LogP contribution < -0.4 is 5.32 Å². The Balaban J connectivity index is 1.83. The molecular weight excluding hydrogens is 282 g/mol. The normalized spacial score (nSPS) is 17.4. The third kappa shape index (κ3) is 5.27. The Labute approximate surface area is 130 Å². The average Bonchev–Trinajstić information content (AvgIpc) is 2.43. The van der Waals surface area contributed by atoms with E-state index in [-0.39, 0.29) is 11.7 Å². The van der Waals surface area contributed by atoms with Gasteiger partial charge in [0.25, 0.3) is 0 Å². The van der Waals surface area contributed by atoms with Gasteiger partial charge in [-0.3, -0.25) is 9.00 Å². The maximum atomic E-state index is 12.2. The first-order chi connectivity index (χ1) is 10.0. The fourth-order valence-corrected chi connectivity index (χ4v) is 3.98. The SMILES string of the molecule is Cc1ccc(C)c(C[S@@](=O)CC(=O)NC2CCCCC2)c1. The van der Waals surface area contributed by atoms with Gasteiger partial charge >= 0.3 is 0 Å². The van der Waals surface area contributed by atoms with Crippen molar-refractivity contribution in [2.75, 3.05) is 5.75 Å². The van der Waals surface area contributed by atoms with Crippen molar-refractivity contribution < 1.29 is 9.00 Å². The lowest BCUT2D eigenvalue weighted by molar-refractivity contribution is -0.119. The second-order valence-corrected chi connectivity index (χ2v) is 7.52. The Bertz CT molecular complexity index is 522. The van der Waals surface area contributed by atoms with Gasteiger partial charge in [-0.05, 0) is 37.8 Å². The summed E-state index contributed by atoms with van der Waals surface area (Å²) in [7, 11) is -1.14. The van der Waals surface area contributed by atoms with Crippen molar-refractivity contribution in [3.63, 3.8) is 0 Å². The zero-order valence-corrected chi connectivity index (χ0v) is 13.8. The first-order valence-electron chi connectivity index (χ1n) is 7.75. The van der Waals surface area contributed by atoms with Crippen molar-refractivity contribution in [1.82, 2.24) is 5.32 Å². The second-order valence-electron chi connectivity index (χ2n) is 6.06. The summed E-state index contributed by atoms with van der Waals surface area (Å²) in [5, 5.41) is 3.03. The number of aryl methyl sites for hydroxylation is 2. The van der Waals surface area contributed by atoms with Gasteiger partial charge < -0.3 is 5.32 Å². The van der Waals surface area contributed by atoms with Gasteiger partial charge in [-0.1, -0.05) is 43.0 Å². The van der Waals surface area contributed by atoms with Gasteiger partial charge in [0, 0.05) is 22.6 Å². The molecule has 1 aromatic carbocycles. The largest absolute Gasteiger partial charge is 0.353 e. The number of amides is 1. The summed E-state index contributed by atoms with van der Waals surface area (Å²) in [4.78, 5) is 12.0. The van der Waals surface area contributed by atoms with Crippen molar-refractivity contribution in [3.8, 4) is 0 Å². The molecular formula is C17H25NO2S. The molecule has 1 aliphatic carbocycles. The molecule has 0 unspecified atom stereocenters. The molecule has 1 fully saturated rings. The summed E-state index contributed by atoms with van der Waals surface area (Å²) in [6, 6.07) is 6.46. The molecule has 0 spiro atoms. The van der Waals surface area contributed by atoms with E-state index in [2.05, 4.69) is 17.4 Å². The lowest BCUT2D eigenvalue weighted by Crippen LogP contribution is -2.38. The zero-order valence-electron chi connectivity index (χ0n) is 13.0. The van der Waals surface area contributed by atoms with E-state index in [1.807, 2.05) is 19.9 Å². The van der Waals surface area contributed by atoms with Crippen LogP contribution >= 0.6 is 0 Å². The maximum absolute atomic E-state index is 12.2. The molecule has 1 amide bonds. The average molecular weight is 307 g/mol. The molecule has 3 nitrogen and oxygen atoms in total. The van der Waals surface area contributed by atoms with Crippen LogP contribution in [-0.4, -0.2) is 21.9 Å². The fourth-order valence-electron chi connectivity index (χ4n) is 2.84. The highest BCUT2D eigenvalue weighted by molar-refractivity contribution is 7.84. The molecule has 1 aliphatic rings. The van der Waals surface area contributed by atoms with Crippen LogP contribution in [0.3, 0.4) is 0 Å². The summed E-state index contributed by atoms with van der Waals surface area (Å²) in [5.41, 5.74) is 3.39. The van der Waals surface area contributed by atoms with Gasteiger partial charge in [-0.2, -0.15) is 0 Å². The minimum absolute atomic E-state index is 0.0643. The summed E-state index contributed by atoms with van der Waals surface area (Å²) in [6.07, 6.45) is 5.78. The van der Waals surface area contributed by atoms with Gasteiger partial charge in [0.15, 0.2) is 0 Å². The van der Waals surface area contributed by atoms with Crippen LogP contribution in [0.2, 0.25) is 0 Å². The Hall–Kier alpha value is -1.16. The van der Waals surface area contributed by atoms with E-state index < -0.39 is 10.8 Å². The molecule has 1 atom stereocenters. The van der Waals surface area contributed by atoms with Crippen molar-refractivity contribution in [2.24, 2.45) is 0 Å². The number of carbonyl (C=O) groups is 1. The van der Waals surface area contributed by atoms with Crippen LogP contribution in [0.5, 0.6) is 0 Å². The van der Waals surface area contributed by atoms with Crippen LogP contribution in [0, 0.1) is 13.8 Å². The predicted octanol–water partition coefficient (Wildman–Crippen LogP) is 3.00. The molecule has 2 rings (SSSR count). The molecule has 21 heavy (non-hydrogen) atoms. The Kier molecular flexibility index (Phi) is 5.97. The monoisotopic (exact) mass is 307 g/mol. The predicted molar refractivity (Wildman–Crippen MR) is 87.6 cm³/mol. The number of hydrogen-bond donors (Lipinski definition) is 1. The first kappa shape index (κ1) is 16.2. The van der Waals surface area contributed by atoms with E-state index in [0.717, 1.165) is 24.0 Å². The van der Waals surface area contributed by atoms with Crippen LogP contribution in [0.4, 0.5) is 0 Å². The van der Waals surface area contributed by atoms with Gasteiger partial charge in [0.05, 0.1) is 0 Å². The molecule has 116 valence electrons. The molecule has 0 bridgehead atoms. The Morgan fingerprint density at radius 3 is 2.67 bits per heavy atom. The van der Waals surface area contributed by atoms with E-state index in [4.69, 9.17) is 0 Å². The van der Waals surface area contributed by atoms with Crippen molar-refractivity contribution >= 4 is 16.7 Å². The van der Waals surface area contributed by atoms with Gasteiger partial charge in [0.1, 0.15) is 5.75 Å². The summed E-state index contributed by atoms with van der Waals surface area (Å²) < 4.78 is 12.2. The third-order valence-electron chi connectivity index (χ3n) is 4.08. The van der Waals surface area contributed by atoms with Crippen LogP contribution in [0.1, 0.15) is 48.8 Å². The van der Waals surface area contributed by atoms with Crippen LogP contribution in [0.15, 0.2) is 18.2 Å². The maximum Gasteiger partial charge on any atom is 0.232 e. The van der Waals surface area contributed by atoms with Crippen molar-refractivity contribution in [1.29, 1.82) is 0 Å². The lowest BCUT2D eigenvalue weighted by Gasteiger charge is -2.22. The number of hydrogen-bond acceptors (Lipinski definition) is 2. The molecule has 1 saturated carbocycles. The highest BCUT2D eigenvalue weighted by Gasteiger charge is 2.17. The minimum Gasteiger partial charge on any atom is -0.353 e. The summed E-state index contributed by atoms with van der Waals surface area (Å²) >= 11 is 0. The van der Waals surface area contributed by atoms with Crippen molar-refractivity contribution in [3.05, 3.63) is 34.9 Å². The number of nitrogens with one attached hydrogen (secondary N) is 1. The highest BCUT2D eigenvalue weighted by Crippen LogP contribution is 2.17. The molecule has 0 aliphatic heterocycles. The van der Waals surface area contributed by atoms with Gasteiger partial charge in [0.2, 0.25) is 5.91 Å². The molecule has 0 heterocycles. The Morgan fingerprint density at radius 1 is 1.24 bits per heavy atom. The number of rotatable bonds is 5. The molecule has 0 aromatic heterocycles. The quantitative estimate of drug-likeness (QED) is 0.909. The first-order valence-corrected chi connectivity index (χ1v) is 9.24. The van der Waals surface area contributed by atoms with Gasteiger partial charge in [-0.15, -0.1) is 0 Å². The Morgan fingerprint density at radius 2 is 1.95 bits per heavy atom. The topological polar surface area (TPSA) is 46.2 Å². The lowest BCUT2D eigenvalue weighted by atomic mass is 9.95.